The molecule has 1 aliphatic carbocycles. The van der Waals surface area contributed by atoms with Crippen LogP contribution in [0.1, 0.15) is 45.2 Å². The van der Waals surface area contributed by atoms with Crippen LogP contribution in [0.3, 0.4) is 0 Å². The largest absolute Gasteiger partial charge is 0.851 e. The van der Waals surface area contributed by atoms with Crippen LogP contribution in [-0.2, 0) is 25.7 Å². The summed E-state index contributed by atoms with van der Waals surface area (Å²) in [6, 6.07) is 26.3. The van der Waals surface area contributed by atoms with Crippen LogP contribution < -0.4 is 20.0 Å². The van der Waals surface area contributed by atoms with Gasteiger partial charge in [-0.05, 0) is 92.4 Å². The maximum Gasteiger partial charge on any atom is 0.0531 e. The Morgan fingerprint density at radius 3 is 1.02 bits per heavy atom. The summed E-state index contributed by atoms with van der Waals surface area (Å²) >= 11 is 0. The fourth-order valence-corrected chi connectivity index (χ4v) is 10.2. The minimum Gasteiger partial charge on any atom is -0.851 e. The van der Waals surface area contributed by atoms with E-state index in [9.17, 15) is 10.2 Å². The SMILES string of the molecule is [O-]C1C(c2c3cccc4c3c3c5c(cccc25)CCN3CC4)C([O-])C1c1c2cccc3c2c2c4c(cccc14)CCN2CC3. The zero-order valence-electron chi connectivity index (χ0n) is 24.6. The van der Waals surface area contributed by atoms with Crippen LogP contribution >= 0.6 is 0 Å². The molecule has 4 heterocycles. The molecule has 0 aromatic heterocycles. The summed E-state index contributed by atoms with van der Waals surface area (Å²) in [5.74, 6) is -1.13. The highest BCUT2D eigenvalue weighted by molar-refractivity contribution is 6.19. The first-order valence-electron chi connectivity index (χ1n) is 16.5. The highest BCUT2D eigenvalue weighted by Gasteiger charge is 2.43. The Hall–Kier alpha value is -4.12. The van der Waals surface area contributed by atoms with Gasteiger partial charge in [-0.1, -0.05) is 72.8 Å². The average Bonchev–Trinajstić information content (AvgIpc) is 3.07. The van der Waals surface area contributed by atoms with E-state index in [1.807, 2.05) is 0 Å². The Morgan fingerprint density at radius 1 is 0.432 bits per heavy atom. The van der Waals surface area contributed by atoms with Crippen LogP contribution in [-0.4, -0.2) is 38.4 Å². The van der Waals surface area contributed by atoms with Crippen molar-refractivity contribution in [3.63, 3.8) is 0 Å². The van der Waals surface area contributed by atoms with Crippen molar-refractivity contribution < 1.29 is 10.2 Å². The topological polar surface area (TPSA) is 52.6 Å². The molecule has 6 aromatic carbocycles. The Balaban J connectivity index is 1.17. The third kappa shape index (κ3) is 2.79. The van der Waals surface area contributed by atoms with Crippen LogP contribution in [0, 0.1) is 0 Å². The Kier molecular flexibility index (Phi) is 4.58. The lowest BCUT2D eigenvalue weighted by atomic mass is 9.60. The second-order valence-corrected chi connectivity index (χ2v) is 13.8. The molecular formula is C40H32N2O2-2. The summed E-state index contributed by atoms with van der Waals surface area (Å²) in [7, 11) is 0. The van der Waals surface area contributed by atoms with Gasteiger partial charge in [0.15, 0.2) is 0 Å². The van der Waals surface area contributed by atoms with Crippen LogP contribution in [0.15, 0.2) is 72.8 Å². The van der Waals surface area contributed by atoms with E-state index in [-0.39, 0.29) is 0 Å². The molecule has 1 saturated carbocycles. The van der Waals surface area contributed by atoms with E-state index in [0.29, 0.717) is 0 Å². The number of rotatable bonds is 2. The van der Waals surface area contributed by atoms with E-state index in [2.05, 4.69) is 82.6 Å². The lowest BCUT2D eigenvalue weighted by Gasteiger charge is -2.62. The molecule has 0 saturated heterocycles. The van der Waals surface area contributed by atoms with Gasteiger partial charge in [0, 0.05) is 47.7 Å². The van der Waals surface area contributed by atoms with Gasteiger partial charge in [0.1, 0.15) is 0 Å². The Bertz CT molecular complexity index is 1960. The van der Waals surface area contributed by atoms with Crippen LogP contribution in [0.5, 0.6) is 0 Å². The molecule has 0 bridgehead atoms. The van der Waals surface area contributed by atoms with Crippen molar-refractivity contribution in [1.82, 2.24) is 0 Å². The molecular weight excluding hydrogens is 540 g/mol. The molecule has 0 unspecified atom stereocenters. The molecule has 1 fully saturated rings. The van der Waals surface area contributed by atoms with Crippen LogP contribution in [0.2, 0.25) is 0 Å². The molecule has 4 nitrogen and oxygen atoms in total. The lowest BCUT2D eigenvalue weighted by molar-refractivity contribution is -0.535. The van der Waals surface area contributed by atoms with E-state index in [4.69, 9.17) is 0 Å². The normalized spacial score (nSPS) is 24.7. The first kappa shape index (κ1) is 24.2. The standard InChI is InChI=1S/C40H32N2O2/c43-39-35(33-25-9-1-5-21-13-17-41-18-14-22-6-2-10-26(33)30(22)37(41)29(21)25)40(44)36(39)34-27-11-3-7-23-15-19-42-20-16-24-8-4-12-28(34)32(24)38(42)31(23)27/h1-12,35-36,39-40H,13-20H2/q-2. The third-order valence-electron chi connectivity index (χ3n) is 12.0. The van der Waals surface area contributed by atoms with Gasteiger partial charge in [0.25, 0.3) is 0 Å². The fraction of sp³-hybridized carbons (Fsp3) is 0.300. The molecule has 0 radical (unpaired) electrons. The number of hydrogen-bond donors (Lipinski definition) is 0. The van der Waals surface area contributed by atoms with Gasteiger partial charge in [0.2, 0.25) is 0 Å². The zero-order chi connectivity index (χ0) is 28.8. The quantitative estimate of drug-likeness (QED) is 0.258. The minimum absolute atomic E-state index is 0.565. The van der Waals surface area contributed by atoms with Gasteiger partial charge in [-0.15, -0.1) is 12.2 Å². The monoisotopic (exact) mass is 572 g/mol. The van der Waals surface area contributed by atoms with Crippen molar-refractivity contribution in [2.24, 2.45) is 0 Å². The Labute approximate surface area is 256 Å². The molecule has 0 atom stereocenters. The van der Waals surface area contributed by atoms with Gasteiger partial charge in [-0.3, -0.25) is 0 Å². The average molecular weight is 573 g/mol. The smallest absolute Gasteiger partial charge is 0.0531 e. The summed E-state index contributed by atoms with van der Waals surface area (Å²) < 4.78 is 0. The van der Waals surface area contributed by atoms with E-state index in [0.717, 1.165) is 84.5 Å². The van der Waals surface area contributed by atoms with E-state index in [1.165, 1.54) is 55.2 Å². The number of nitrogens with zero attached hydrogens (tertiary/aromatic N) is 2. The zero-order valence-corrected chi connectivity index (χ0v) is 24.6. The molecule has 4 heteroatoms. The molecule has 44 heavy (non-hydrogen) atoms. The summed E-state index contributed by atoms with van der Waals surface area (Å²) in [5, 5.41) is 39.4. The van der Waals surface area contributed by atoms with Crippen molar-refractivity contribution in [3.05, 3.63) is 106 Å². The van der Waals surface area contributed by atoms with Crippen molar-refractivity contribution >= 4 is 54.5 Å². The summed E-state index contributed by atoms with van der Waals surface area (Å²) in [4.78, 5) is 5.10. The van der Waals surface area contributed by atoms with E-state index in [1.54, 1.807) is 0 Å². The van der Waals surface area contributed by atoms with Crippen molar-refractivity contribution in [2.75, 3.05) is 36.0 Å². The van der Waals surface area contributed by atoms with Crippen LogP contribution in [0.4, 0.5) is 11.4 Å². The van der Waals surface area contributed by atoms with E-state index < -0.39 is 24.0 Å². The molecule has 5 aliphatic rings. The highest BCUT2D eigenvalue weighted by Crippen LogP contribution is 2.57. The number of anilines is 2. The molecule has 216 valence electrons. The predicted octanol–water partition coefficient (Wildman–Crippen LogP) is 5.48. The second-order valence-electron chi connectivity index (χ2n) is 13.8. The summed E-state index contributed by atoms with van der Waals surface area (Å²) in [5.41, 5.74) is 10.1. The van der Waals surface area contributed by atoms with Gasteiger partial charge in [0.05, 0.1) is 11.4 Å². The maximum absolute atomic E-state index is 14.8. The first-order chi connectivity index (χ1) is 21.7. The lowest BCUT2D eigenvalue weighted by Crippen LogP contribution is -2.63. The second kappa shape index (κ2) is 8.32. The molecule has 4 aliphatic heterocycles. The summed E-state index contributed by atoms with van der Waals surface area (Å²) in [6.45, 7) is 4.14. The van der Waals surface area contributed by atoms with Gasteiger partial charge in [-0.25, -0.2) is 0 Å². The summed E-state index contributed by atoms with van der Waals surface area (Å²) in [6.07, 6.45) is 2.07. The van der Waals surface area contributed by atoms with Gasteiger partial charge < -0.3 is 20.0 Å². The maximum atomic E-state index is 14.8. The third-order valence-corrected chi connectivity index (χ3v) is 12.0. The number of hydrogen-bond acceptors (Lipinski definition) is 4. The highest BCUT2D eigenvalue weighted by atomic mass is 16.3. The van der Waals surface area contributed by atoms with Crippen molar-refractivity contribution in [3.8, 4) is 0 Å². The first-order valence-corrected chi connectivity index (χ1v) is 16.5. The minimum atomic E-state index is -0.990. The number of benzene rings is 6. The molecule has 0 N–H and O–H groups in total. The van der Waals surface area contributed by atoms with Crippen LogP contribution in [0.25, 0.3) is 43.1 Å². The van der Waals surface area contributed by atoms with Gasteiger partial charge in [-0.2, -0.15) is 0 Å². The predicted molar refractivity (Wildman–Crippen MR) is 175 cm³/mol. The molecule has 6 aromatic rings. The fourth-order valence-electron chi connectivity index (χ4n) is 10.2. The van der Waals surface area contributed by atoms with E-state index >= 15 is 0 Å². The Morgan fingerprint density at radius 2 is 0.727 bits per heavy atom. The molecule has 0 spiro atoms. The molecule has 0 amide bonds. The van der Waals surface area contributed by atoms with Crippen molar-refractivity contribution in [1.29, 1.82) is 0 Å². The van der Waals surface area contributed by atoms with Gasteiger partial charge >= 0.3 is 0 Å². The van der Waals surface area contributed by atoms with Crippen molar-refractivity contribution in [2.45, 2.75) is 49.7 Å². The molecule has 11 rings (SSSR count).